The fraction of sp³-hybridized carbons (Fsp3) is 0.235. The van der Waals surface area contributed by atoms with E-state index < -0.39 is 0 Å². The van der Waals surface area contributed by atoms with Crippen molar-refractivity contribution in [3.05, 3.63) is 66.1 Å². The van der Waals surface area contributed by atoms with Gasteiger partial charge in [-0.05, 0) is 18.2 Å². The van der Waals surface area contributed by atoms with Crippen LogP contribution in [-0.2, 0) is 13.1 Å². The van der Waals surface area contributed by atoms with Gasteiger partial charge in [0.25, 0.3) is 0 Å². The van der Waals surface area contributed by atoms with Crippen LogP contribution in [-0.4, -0.2) is 27.7 Å². The van der Waals surface area contributed by atoms with Gasteiger partial charge < -0.3 is 19.6 Å². The van der Waals surface area contributed by atoms with Crippen molar-refractivity contribution in [2.24, 2.45) is 0 Å². The minimum Gasteiger partial charge on any atom is -0.491 e. The zero-order chi connectivity index (χ0) is 15.2. The predicted octanol–water partition coefficient (Wildman–Crippen LogP) is 2.00. The molecule has 0 aliphatic heterocycles. The van der Waals surface area contributed by atoms with E-state index in [9.17, 15) is 0 Å². The van der Waals surface area contributed by atoms with Crippen LogP contribution in [0.2, 0.25) is 0 Å². The Balaban J connectivity index is 1.60. The number of hydrogen-bond acceptors (Lipinski definition) is 4. The highest BCUT2D eigenvalue weighted by Gasteiger charge is 2.04. The SMILES string of the molecule is OCCOc1ccccc1CNCc1cn2ccccc2n1. The van der Waals surface area contributed by atoms with Crippen molar-refractivity contribution >= 4 is 5.65 Å². The maximum atomic E-state index is 8.86. The van der Waals surface area contributed by atoms with Gasteiger partial charge in [-0.15, -0.1) is 0 Å². The molecule has 0 saturated carbocycles. The quantitative estimate of drug-likeness (QED) is 0.700. The summed E-state index contributed by atoms with van der Waals surface area (Å²) in [5.41, 5.74) is 3.02. The summed E-state index contributed by atoms with van der Waals surface area (Å²) in [6.45, 7) is 1.71. The molecular weight excluding hydrogens is 278 g/mol. The molecular formula is C17H19N3O2. The molecule has 0 amide bonds. The van der Waals surface area contributed by atoms with Crippen LogP contribution >= 0.6 is 0 Å². The van der Waals surface area contributed by atoms with Gasteiger partial charge in [-0.2, -0.15) is 0 Å². The van der Waals surface area contributed by atoms with Gasteiger partial charge in [0.05, 0.1) is 12.3 Å². The van der Waals surface area contributed by atoms with E-state index >= 15 is 0 Å². The summed E-state index contributed by atoms with van der Waals surface area (Å²) in [5, 5.41) is 12.2. The molecule has 5 nitrogen and oxygen atoms in total. The third-order valence-corrected chi connectivity index (χ3v) is 3.36. The average molecular weight is 297 g/mol. The number of aromatic nitrogens is 2. The van der Waals surface area contributed by atoms with Gasteiger partial charge in [-0.25, -0.2) is 4.98 Å². The van der Waals surface area contributed by atoms with Crippen molar-refractivity contribution in [3.8, 4) is 5.75 Å². The second-order valence-corrected chi connectivity index (χ2v) is 4.98. The first-order valence-electron chi connectivity index (χ1n) is 7.32. The number of fused-ring (bicyclic) bond motifs is 1. The number of nitrogens with one attached hydrogen (secondary N) is 1. The Morgan fingerprint density at radius 3 is 2.82 bits per heavy atom. The van der Waals surface area contributed by atoms with Crippen molar-refractivity contribution in [2.75, 3.05) is 13.2 Å². The van der Waals surface area contributed by atoms with Crippen molar-refractivity contribution < 1.29 is 9.84 Å². The molecule has 114 valence electrons. The van der Waals surface area contributed by atoms with Gasteiger partial charge in [-0.1, -0.05) is 24.3 Å². The molecule has 22 heavy (non-hydrogen) atoms. The Bertz CT molecular complexity index is 706. The summed E-state index contributed by atoms with van der Waals surface area (Å²) in [7, 11) is 0. The van der Waals surface area contributed by atoms with Crippen molar-refractivity contribution in [1.29, 1.82) is 0 Å². The van der Waals surface area contributed by atoms with Gasteiger partial charge in [0.2, 0.25) is 0 Å². The van der Waals surface area contributed by atoms with E-state index in [2.05, 4.69) is 10.3 Å². The summed E-state index contributed by atoms with van der Waals surface area (Å²) < 4.78 is 7.54. The Morgan fingerprint density at radius 1 is 1.09 bits per heavy atom. The lowest BCUT2D eigenvalue weighted by molar-refractivity contribution is 0.200. The maximum absolute atomic E-state index is 8.86. The Labute approximate surface area is 129 Å². The van der Waals surface area contributed by atoms with Gasteiger partial charge in [0.15, 0.2) is 0 Å². The van der Waals surface area contributed by atoms with E-state index in [1.54, 1.807) is 0 Å². The summed E-state index contributed by atoms with van der Waals surface area (Å²) in [6, 6.07) is 13.8. The number of benzene rings is 1. The molecule has 0 atom stereocenters. The molecule has 0 fully saturated rings. The summed E-state index contributed by atoms with van der Waals surface area (Å²) >= 11 is 0. The van der Waals surface area contributed by atoms with Crippen LogP contribution in [0.1, 0.15) is 11.3 Å². The topological polar surface area (TPSA) is 58.8 Å². The van der Waals surface area contributed by atoms with Gasteiger partial charge in [0, 0.05) is 31.0 Å². The van der Waals surface area contributed by atoms with E-state index in [-0.39, 0.29) is 6.61 Å². The van der Waals surface area contributed by atoms with E-state index in [1.807, 2.05) is 59.3 Å². The molecule has 0 saturated heterocycles. The molecule has 0 aliphatic rings. The van der Waals surface area contributed by atoms with Crippen LogP contribution in [0.5, 0.6) is 5.75 Å². The number of imidazole rings is 1. The third kappa shape index (κ3) is 3.44. The Kier molecular flexibility index (Phi) is 4.68. The highest BCUT2D eigenvalue weighted by molar-refractivity contribution is 5.39. The number of hydrogen-bond donors (Lipinski definition) is 2. The molecule has 2 aromatic heterocycles. The second-order valence-electron chi connectivity index (χ2n) is 4.98. The molecule has 2 N–H and O–H groups in total. The Hall–Kier alpha value is -2.37. The largest absolute Gasteiger partial charge is 0.491 e. The molecule has 2 heterocycles. The maximum Gasteiger partial charge on any atom is 0.137 e. The van der Waals surface area contributed by atoms with Crippen LogP contribution in [0.15, 0.2) is 54.9 Å². The molecule has 0 bridgehead atoms. The lowest BCUT2D eigenvalue weighted by Crippen LogP contribution is -2.14. The van der Waals surface area contributed by atoms with Crippen LogP contribution in [0.4, 0.5) is 0 Å². The minimum absolute atomic E-state index is 0.0169. The standard InChI is InChI=1S/C17H19N3O2/c21-9-10-22-16-6-2-1-5-14(16)11-18-12-15-13-20-8-4-3-7-17(20)19-15/h1-8,13,18,21H,9-12H2. The van der Waals surface area contributed by atoms with Crippen LogP contribution < -0.4 is 10.1 Å². The number of rotatable bonds is 7. The van der Waals surface area contributed by atoms with Gasteiger partial charge in [-0.3, -0.25) is 0 Å². The molecule has 0 unspecified atom stereocenters. The zero-order valence-corrected chi connectivity index (χ0v) is 12.3. The zero-order valence-electron chi connectivity index (χ0n) is 12.3. The fourth-order valence-electron chi connectivity index (χ4n) is 2.34. The molecule has 0 spiro atoms. The highest BCUT2D eigenvalue weighted by Crippen LogP contribution is 2.17. The van der Waals surface area contributed by atoms with Crippen molar-refractivity contribution in [2.45, 2.75) is 13.1 Å². The van der Waals surface area contributed by atoms with E-state index in [1.165, 1.54) is 0 Å². The summed E-state index contributed by atoms with van der Waals surface area (Å²) in [6.07, 6.45) is 4.01. The lowest BCUT2D eigenvalue weighted by Gasteiger charge is -2.10. The minimum atomic E-state index is 0.0169. The second kappa shape index (κ2) is 7.06. The lowest BCUT2D eigenvalue weighted by atomic mass is 10.2. The summed E-state index contributed by atoms with van der Waals surface area (Å²) in [5.74, 6) is 0.805. The number of aliphatic hydroxyl groups is 1. The first kappa shape index (κ1) is 14.6. The monoisotopic (exact) mass is 297 g/mol. The third-order valence-electron chi connectivity index (χ3n) is 3.36. The molecule has 0 aliphatic carbocycles. The molecule has 3 aromatic rings. The number of aliphatic hydroxyl groups excluding tert-OH is 1. The molecule has 1 aromatic carbocycles. The number of pyridine rings is 1. The predicted molar refractivity (Wildman–Crippen MR) is 84.8 cm³/mol. The van der Waals surface area contributed by atoms with Crippen molar-refractivity contribution in [3.63, 3.8) is 0 Å². The number of para-hydroxylation sites is 1. The number of nitrogens with zero attached hydrogens (tertiary/aromatic N) is 2. The van der Waals surface area contributed by atoms with Crippen LogP contribution in [0.25, 0.3) is 5.65 Å². The van der Waals surface area contributed by atoms with Gasteiger partial charge >= 0.3 is 0 Å². The van der Waals surface area contributed by atoms with Crippen molar-refractivity contribution in [1.82, 2.24) is 14.7 Å². The highest BCUT2D eigenvalue weighted by atomic mass is 16.5. The number of ether oxygens (including phenoxy) is 1. The Morgan fingerprint density at radius 2 is 1.95 bits per heavy atom. The van der Waals surface area contributed by atoms with E-state index in [4.69, 9.17) is 9.84 Å². The smallest absolute Gasteiger partial charge is 0.137 e. The average Bonchev–Trinajstić information content (AvgIpc) is 2.96. The van der Waals surface area contributed by atoms with E-state index in [0.717, 1.165) is 22.7 Å². The van der Waals surface area contributed by atoms with Crippen LogP contribution in [0, 0.1) is 0 Å². The summed E-state index contributed by atoms with van der Waals surface area (Å²) in [4.78, 5) is 4.55. The molecule has 3 rings (SSSR count). The van der Waals surface area contributed by atoms with Gasteiger partial charge in [0.1, 0.15) is 18.0 Å². The molecule has 0 radical (unpaired) electrons. The first-order valence-corrected chi connectivity index (χ1v) is 7.32. The first-order chi connectivity index (χ1) is 10.9. The molecule has 5 heteroatoms. The van der Waals surface area contributed by atoms with Crippen LogP contribution in [0.3, 0.4) is 0 Å². The van der Waals surface area contributed by atoms with E-state index in [0.29, 0.717) is 19.7 Å². The fourth-order valence-corrected chi connectivity index (χ4v) is 2.34. The normalized spacial score (nSPS) is 11.0.